The Kier molecular flexibility index (Phi) is 8.42. The van der Waals surface area contributed by atoms with Gasteiger partial charge in [-0.1, -0.05) is 18.5 Å². The van der Waals surface area contributed by atoms with Crippen molar-refractivity contribution in [1.82, 2.24) is 20.4 Å². The molecule has 1 amide bonds. The van der Waals surface area contributed by atoms with E-state index in [0.29, 0.717) is 22.3 Å². The van der Waals surface area contributed by atoms with Crippen molar-refractivity contribution in [2.24, 2.45) is 0 Å². The number of anilines is 2. The topological polar surface area (TPSA) is 88.4 Å². The minimum Gasteiger partial charge on any atom is -0.372 e. The minimum atomic E-state index is -0.160. The Morgan fingerprint density at radius 3 is 2.49 bits per heavy atom. The first-order valence-corrected chi connectivity index (χ1v) is 12.9. The number of benzene rings is 1. The van der Waals surface area contributed by atoms with Gasteiger partial charge in [0.1, 0.15) is 6.07 Å². The number of carbonyl (C=O) groups excluding carboxylic acids is 1. The molecule has 2 heterocycles. The highest BCUT2D eigenvalue weighted by molar-refractivity contribution is 6.32. The van der Waals surface area contributed by atoms with Gasteiger partial charge < -0.3 is 15.1 Å². The molecule has 35 heavy (non-hydrogen) atoms. The largest absolute Gasteiger partial charge is 0.372 e. The van der Waals surface area contributed by atoms with E-state index in [1.54, 1.807) is 12.1 Å². The quantitative estimate of drug-likeness (QED) is 0.626. The van der Waals surface area contributed by atoms with Gasteiger partial charge in [-0.15, -0.1) is 10.2 Å². The highest BCUT2D eigenvalue weighted by Gasteiger charge is 2.26. The van der Waals surface area contributed by atoms with Gasteiger partial charge in [0, 0.05) is 51.0 Å². The van der Waals surface area contributed by atoms with Crippen molar-refractivity contribution in [2.45, 2.75) is 51.1 Å². The van der Waals surface area contributed by atoms with Gasteiger partial charge in [-0.2, -0.15) is 5.26 Å². The second-order valence-electron chi connectivity index (χ2n) is 9.47. The van der Waals surface area contributed by atoms with Crippen LogP contribution in [-0.2, 0) is 0 Å². The molecule has 0 spiro atoms. The number of amides is 1. The Labute approximate surface area is 212 Å². The van der Waals surface area contributed by atoms with Crippen LogP contribution >= 0.6 is 11.6 Å². The average Bonchev–Trinajstić information content (AvgIpc) is 2.89. The number of hydrogen-bond acceptors (Lipinski definition) is 7. The van der Waals surface area contributed by atoms with Crippen molar-refractivity contribution in [1.29, 1.82) is 5.26 Å². The molecule has 1 N–H and O–H groups in total. The van der Waals surface area contributed by atoms with E-state index in [1.165, 1.54) is 6.42 Å². The van der Waals surface area contributed by atoms with Crippen LogP contribution in [-0.4, -0.2) is 72.9 Å². The van der Waals surface area contributed by atoms with Gasteiger partial charge in [0.15, 0.2) is 11.5 Å². The first-order valence-electron chi connectivity index (χ1n) is 12.5. The lowest BCUT2D eigenvalue weighted by atomic mass is 9.90. The number of carbonyl (C=O) groups is 1. The SMILES string of the molecule is CCCN1CCN(c2ccc(C(=O)NC3CCC(N(C)c4ccc(C#N)c(Cl)c4)CC3)nn2)CC1. The molecule has 2 aliphatic rings. The smallest absolute Gasteiger partial charge is 0.272 e. The number of hydrogen-bond donors (Lipinski definition) is 1. The van der Waals surface area contributed by atoms with Crippen LogP contribution in [0.3, 0.4) is 0 Å². The summed E-state index contributed by atoms with van der Waals surface area (Å²) in [5, 5.41) is 21.3. The van der Waals surface area contributed by atoms with Crippen LogP contribution in [0.15, 0.2) is 30.3 Å². The third-order valence-corrected chi connectivity index (χ3v) is 7.49. The Bertz CT molecular complexity index is 1040. The molecule has 186 valence electrons. The van der Waals surface area contributed by atoms with Crippen molar-refractivity contribution in [3.05, 3.63) is 46.6 Å². The molecule has 4 rings (SSSR count). The number of nitrogens with zero attached hydrogens (tertiary/aromatic N) is 6. The standard InChI is InChI=1S/C26H34ClN7O/c1-3-12-33-13-15-34(16-14-33)25-11-10-24(30-31-25)26(35)29-20-5-8-21(9-6-20)32(2)22-7-4-19(18-28)23(27)17-22/h4,7,10-11,17,20-21H,3,5-6,8-9,12-16H2,1-2H3,(H,29,35). The molecule has 2 aromatic rings. The molecule has 0 atom stereocenters. The molecule has 1 saturated heterocycles. The molecule has 9 heteroatoms. The van der Waals surface area contributed by atoms with E-state index in [1.807, 2.05) is 18.2 Å². The van der Waals surface area contributed by atoms with Crippen molar-refractivity contribution in [3.8, 4) is 6.07 Å². The van der Waals surface area contributed by atoms with Gasteiger partial charge in [-0.3, -0.25) is 9.69 Å². The molecule has 1 aromatic heterocycles. The third-order valence-electron chi connectivity index (χ3n) is 7.18. The summed E-state index contributed by atoms with van der Waals surface area (Å²) in [4.78, 5) is 19.7. The maximum Gasteiger partial charge on any atom is 0.272 e. The molecule has 1 aliphatic heterocycles. The number of nitriles is 1. The van der Waals surface area contributed by atoms with Crippen LogP contribution in [0.4, 0.5) is 11.5 Å². The maximum atomic E-state index is 12.8. The van der Waals surface area contributed by atoms with Gasteiger partial charge in [0.25, 0.3) is 5.91 Å². The van der Waals surface area contributed by atoms with Gasteiger partial charge in [0.2, 0.25) is 0 Å². The van der Waals surface area contributed by atoms with Gasteiger partial charge in [-0.25, -0.2) is 0 Å². The molecule has 1 aliphatic carbocycles. The van der Waals surface area contributed by atoms with Gasteiger partial charge in [0.05, 0.1) is 10.6 Å². The third kappa shape index (κ3) is 6.22. The van der Waals surface area contributed by atoms with E-state index in [-0.39, 0.29) is 11.9 Å². The first kappa shape index (κ1) is 25.2. The monoisotopic (exact) mass is 495 g/mol. The van der Waals surface area contributed by atoms with Crippen molar-refractivity contribution in [3.63, 3.8) is 0 Å². The summed E-state index contributed by atoms with van der Waals surface area (Å²) < 4.78 is 0. The van der Waals surface area contributed by atoms with E-state index in [0.717, 1.165) is 69.9 Å². The Morgan fingerprint density at radius 2 is 1.89 bits per heavy atom. The van der Waals surface area contributed by atoms with E-state index >= 15 is 0 Å². The Morgan fingerprint density at radius 1 is 1.14 bits per heavy atom. The van der Waals surface area contributed by atoms with Crippen LogP contribution in [0.25, 0.3) is 0 Å². The van der Waals surface area contributed by atoms with Gasteiger partial charge in [-0.05, 0) is 69.0 Å². The Hall–Kier alpha value is -2.89. The lowest BCUT2D eigenvalue weighted by Crippen LogP contribution is -2.47. The number of nitrogens with one attached hydrogen (secondary N) is 1. The number of aromatic nitrogens is 2. The fraction of sp³-hybridized carbons (Fsp3) is 0.538. The van der Waals surface area contributed by atoms with Crippen molar-refractivity contribution in [2.75, 3.05) is 49.6 Å². The van der Waals surface area contributed by atoms with Crippen LogP contribution in [0, 0.1) is 11.3 Å². The first-order chi connectivity index (χ1) is 17.0. The molecule has 2 fully saturated rings. The lowest BCUT2D eigenvalue weighted by Gasteiger charge is -2.36. The molecular formula is C26H34ClN7O. The average molecular weight is 496 g/mol. The molecule has 0 unspecified atom stereocenters. The molecule has 0 bridgehead atoms. The zero-order chi connectivity index (χ0) is 24.8. The fourth-order valence-corrected chi connectivity index (χ4v) is 5.24. The fourth-order valence-electron chi connectivity index (χ4n) is 5.02. The highest BCUT2D eigenvalue weighted by Crippen LogP contribution is 2.29. The molecule has 0 radical (unpaired) electrons. The maximum absolute atomic E-state index is 12.8. The van der Waals surface area contributed by atoms with Crippen molar-refractivity contribution < 1.29 is 4.79 Å². The van der Waals surface area contributed by atoms with E-state index < -0.39 is 0 Å². The summed E-state index contributed by atoms with van der Waals surface area (Å²) in [6.45, 7) is 7.29. The highest BCUT2D eigenvalue weighted by atomic mass is 35.5. The molecule has 1 saturated carbocycles. The predicted octanol–water partition coefficient (Wildman–Crippen LogP) is 3.71. The van der Waals surface area contributed by atoms with E-state index in [4.69, 9.17) is 16.9 Å². The van der Waals surface area contributed by atoms with Crippen LogP contribution in [0.5, 0.6) is 0 Å². The second-order valence-corrected chi connectivity index (χ2v) is 9.88. The van der Waals surface area contributed by atoms with Crippen LogP contribution in [0.2, 0.25) is 5.02 Å². The van der Waals surface area contributed by atoms with E-state index in [2.05, 4.69) is 50.3 Å². The summed E-state index contributed by atoms with van der Waals surface area (Å²) in [6, 6.07) is 11.8. The van der Waals surface area contributed by atoms with Crippen molar-refractivity contribution >= 4 is 29.0 Å². The summed E-state index contributed by atoms with van der Waals surface area (Å²) in [5.41, 5.74) is 1.86. The number of piperazine rings is 1. The zero-order valence-electron chi connectivity index (χ0n) is 20.6. The molecule has 8 nitrogen and oxygen atoms in total. The summed E-state index contributed by atoms with van der Waals surface area (Å²) >= 11 is 6.21. The summed E-state index contributed by atoms with van der Waals surface area (Å²) in [7, 11) is 2.06. The second kappa shape index (κ2) is 11.7. The van der Waals surface area contributed by atoms with Crippen LogP contribution < -0.4 is 15.1 Å². The van der Waals surface area contributed by atoms with Crippen LogP contribution in [0.1, 0.15) is 55.1 Å². The Balaban J connectivity index is 1.25. The normalized spacial score (nSPS) is 20.8. The lowest BCUT2D eigenvalue weighted by molar-refractivity contribution is 0.0919. The molecule has 1 aromatic carbocycles. The minimum absolute atomic E-state index is 0.129. The summed E-state index contributed by atoms with van der Waals surface area (Å²) in [5.74, 6) is 0.677. The summed E-state index contributed by atoms with van der Waals surface area (Å²) in [6.07, 6.45) is 4.91. The molecular weight excluding hydrogens is 462 g/mol. The number of halogens is 1. The zero-order valence-corrected chi connectivity index (χ0v) is 21.3. The van der Waals surface area contributed by atoms with E-state index in [9.17, 15) is 4.79 Å². The predicted molar refractivity (Wildman–Crippen MR) is 139 cm³/mol. The van der Waals surface area contributed by atoms with Gasteiger partial charge >= 0.3 is 0 Å². The number of rotatable bonds is 7.